The molecule has 0 aliphatic carbocycles. The van der Waals surface area contributed by atoms with Crippen molar-refractivity contribution < 1.29 is 17.6 Å². The summed E-state index contributed by atoms with van der Waals surface area (Å²) in [5, 5.41) is 0. The number of hydrogen-bond donors (Lipinski definition) is 0. The number of likely N-dealkylation sites (N-methyl/N-ethyl adjacent to an activating group) is 1. The average molecular weight is 398 g/mol. The van der Waals surface area contributed by atoms with Crippen molar-refractivity contribution in [3.8, 4) is 11.5 Å². The van der Waals surface area contributed by atoms with Crippen LogP contribution in [0.1, 0.15) is 24.2 Å². The van der Waals surface area contributed by atoms with E-state index in [1.54, 1.807) is 36.2 Å². The quantitative estimate of drug-likeness (QED) is 0.635. The molecule has 1 unspecified atom stereocenters. The normalized spacial score (nSPS) is 12.5. The van der Waals surface area contributed by atoms with Crippen molar-refractivity contribution in [1.29, 1.82) is 0 Å². The highest BCUT2D eigenvalue weighted by atomic mass is 32.2. The Morgan fingerprint density at radius 1 is 1.11 bits per heavy atom. The van der Waals surface area contributed by atoms with Crippen LogP contribution < -0.4 is 0 Å². The summed E-state index contributed by atoms with van der Waals surface area (Å²) in [6.45, 7) is 1.89. The van der Waals surface area contributed by atoms with Gasteiger partial charge in [0.1, 0.15) is 6.26 Å². The Morgan fingerprint density at radius 2 is 1.75 bits per heavy atom. The van der Waals surface area contributed by atoms with Crippen molar-refractivity contribution in [3.63, 3.8) is 0 Å². The highest BCUT2D eigenvalue weighted by Crippen LogP contribution is 2.22. The molecular weight excluding hydrogens is 376 g/mol. The number of carbonyl (C=O) groups is 1. The van der Waals surface area contributed by atoms with E-state index >= 15 is 0 Å². The van der Waals surface area contributed by atoms with E-state index in [-0.39, 0.29) is 23.3 Å². The van der Waals surface area contributed by atoms with E-state index in [2.05, 4.69) is 4.98 Å². The highest BCUT2D eigenvalue weighted by molar-refractivity contribution is 7.90. The van der Waals surface area contributed by atoms with Crippen LogP contribution in [0.4, 0.5) is 0 Å². The second-order valence-electron chi connectivity index (χ2n) is 6.71. The zero-order chi connectivity index (χ0) is 20.3. The molecule has 1 amide bonds. The van der Waals surface area contributed by atoms with Gasteiger partial charge in [-0.25, -0.2) is 13.4 Å². The lowest BCUT2D eigenvalue weighted by Crippen LogP contribution is -2.31. The largest absolute Gasteiger partial charge is 0.444 e. The zero-order valence-electron chi connectivity index (χ0n) is 16.0. The molecule has 6 nitrogen and oxygen atoms in total. The van der Waals surface area contributed by atoms with Crippen molar-refractivity contribution >= 4 is 15.7 Å². The molecule has 0 spiro atoms. The number of sulfone groups is 1. The Kier molecular flexibility index (Phi) is 5.65. The molecule has 0 fully saturated rings. The predicted octanol–water partition coefficient (Wildman–Crippen LogP) is 3.51. The van der Waals surface area contributed by atoms with Gasteiger partial charge < -0.3 is 9.32 Å². The molecule has 2 aromatic carbocycles. The summed E-state index contributed by atoms with van der Waals surface area (Å²) >= 11 is 0. The first-order chi connectivity index (χ1) is 13.3. The Morgan fingerprint density at radius 3 is 2.36 bits per heavy atom. The second-order valence-corrected chi connectivity index (χ2v) is 8.72. The number of carbonyl (C=O) groups excluding carboxylic acids is 1. The third-order valence-electron chi connectivity index (χ3n) is 4.67. The molecular formula is C21H22N2O4S. The third kappa shape index (κ3) is 4.48. The fourth-order valence-corrected chi connectivity index (χ4v) is 3.44. The molecule has 1 atom stereocenters. The molecule has 0 saturated heterocycles. The minimum atomic E-state index is -3.24. The van der Waals surface area contributed by atoms with Gasteiger partial charge in [0, 0.05) is 18.9 Å². The van der Waals surface area contributed by atoms with Crippen LogP contribution in [0.2, 0.25) is 0 Å². The Labute approximate surface area is 164 Å². The summed E-state index contributed by atoms with van der Waals surface area (Å²) in [5.74, 6) is 0.378. The summed E-state index contributed by atoms with van der Waals surface area (Å²) in [4.78, 5) is 18.9. The molecule has 0 bridgehead atoms. The Balaban J connectivity index is 1.68. The van der Waals surface area contributed by atoms with Crippen molar-refractivity contribution in [2.24, 2.45) is 0 Å². The molecule has 3 rings (SSSR count). The first kappa shape index (κ1) is 19.8. The topological polar surface area (TPSA) is 80.5 Å². The SMILES string of the molecule is CC(c1ccc(S(C)(=O)=O)cc1)N(C)C(=O)Cc1coc(-c2ccccc2)n1. The smallest absolute Gasteiger partial charge is 0.228 e. The van der Waals surface area contributed by atoms with Gasteiger partial charge in [0.2, 0.25) is 11.8 Å². The molecule has 28 heavy (non-hydrogen) atoms. The van der Waals surface area contributed by atoms with E-state index in [4.69, 9.17) is 4.42 Å². The van der Waals surface area contributed by atoms with Gasteiger partial charge in [0.25, 0.3) is 0 Å². The van der Waals surface area contributed by atoms with Crippen LogP contribution in [0.3, 0.4) is 0 Å². The van der Waals surface area contributed by atoms with Crippen LogP contribution in [-0.2, 0) is 21.1 Å². The fourth-order valence-electron chi connectivity index (χ4n) is 2.81. The summed E-state index contributed by atoms with van der Waals surface area (Å²) in [7, 11) is -1.52. The van der Waals surface area contributed by atoms with Gasteiger partial charge in [-0.3, -0.25) is 4.79 Å². The van der Waals surface area contributed by atoms with Crippen molar-refractivity contribution in [1.82, 2.24) is 9.88 Å². The maximum absolute atomic E-state index is 12.6. The number of amides is 1. The molecule has 0 N–H and O–H groups in total. The van der Waals surface area contributed by atoms with E-state index in [1.807, 2.05) is 37.3 Å². The molecule has 146 valence electrons. The summed E-state index contributed by atoms with van der Waals surface area (Å²) < 4.78 is 28.6. The van der Waals surface area contributed by atoms with Gasteiger partial charge in [-0.2, -0.15) is 0 Å². The minimum absolute atomic E-state index is 0.104. The first-order valence-electron chi connectivity index (χ1n) is 8.81. The Bertz CT molecular complexity index is 1060. The number of benzene rings is 2. The van der Waals surface area contributed by atoms with Crippen LogP contribution in [0.25, 0.3) is 11.5 Å². The molecule has 0 saturated carbocycles. The molecule has 0 radical (unpaired) electrons. The van der Waals surface area contributed by atoms with Gasteiger partial charge in [0.15, 0.2) is 9.84 Å². The molecule has 1 aromatic heterocycles. The van der Waals surface area contributed by atoms with Crippen LogP contribution in [0, 0.1) is 0 Å². The third-order valence-corrected chi connectivity index (χ3v) is 5.80. The van der Waals surface area contributed by atoms with Gasteiger partial charge in [-0.05, 0) is 36.8 Å². The minimum Gasteiger partial charge on any atom is -0.444 e. The molecule has 7 heteroatoms. The van der Waals surface area contributed by atoms with Gasteiger partial charge >= 0.3 is 0 Å². The maximum atomic E-state index is 12.6. The number of oxazole rings is 1. The monoisotopic (exact) mass is 398 g/mol. The van der Waals surface area contributed by atoms with Crippen LogP contribution in [0.5, 0.6) is 0 Å². The van der Waals surface area contributed by atoms with Crippen LogP contribution >= 0.6 is 0 Å². The van der Waals surface area contributed by atoms with E-state index in [1.165, 1.54) is 12.5 Å². The van der Waals surface area contributed by atoms with E-state index < -0.39 is 9.84 Å². The lowest BCUT2D eigenvalue weighted by molar-refractivity contribution is -0.131. The summed E-state index contributed by atoms with van der Waals surface area (Å²) in [6.07, 6.45) is 2.79. The number of rotatable bonds is 6. The van der Waals surface area contributed by atoms with Crippen LogP contribution in [0.15, 0.2) is 70.2 Å². The van der Waals surface area contributed by atoms with E-state index in [0.717, 1.165) is 11.1 Å². The Hall–Kier alpha value is -2.93. The van der Waals surface area contributed by atoms with Crippen molar-refractivity contribution in [3.05, 3.63) is 72.1 Å². The van der Waals surface area contributed by atoms with E-state index in [0.29, 0.717) is 11.6 Å². The average Bonchev–Trinajstić information content (AvgIpc) is 3.15. The van der Waals surface area contributed by atoms with Gasteiger partial charge in [0.05, 0.1) is 23.1 Å². The van der Waals surface area contributed by atoms with Crippen molar-refractivity contribution in [2.45, 2.75) is 24.3 Å². The lowest BCUT2D eigenvalue weighted by atomic mass is 10.1. The summed E-state index contributed by atoms with van der Waals surface area (Å²) in [6, 6.07) is 15.9. The summed E-state index contributed by atoms with van der Waals surface area (Å²) in [5.41, 5.74) is 2.28. The fraction of sp³-hybridized carbons (Fsp3) is 0.238. The standard InChI is InChI=1S/C21H22N2O4S/c1-15(16-9-11-19(12-10-16)28(3,25)26)23(2)20(24)13-18-14-27-21(22-18)17-7-5-4-6-8-17/h4-12,14-15H,13H2,1-3H3. The van der Waals surface area contributed by atoms with Gasteiger partial charge in [-0.1, -0.05) is 30.3 Å². The highest BCUT2D eigenvalue weighted by Gasteiger charge is 2.20. The first-order valence-corrected chi connectivity index (χ1v) is 10.7. The van der Waals surface area contributed by atoms with Gasteiger partial charge in [-0.15, -0.1) is 0 Å². The number of aromatic nitrogens is 1. The number of hydrogen-bond acceptors (Lipinski definition) is 5. The van der Waals surface area contributed by atoms with Crippen LogP contribution in [-0.4, -0.2) is 37.5 Å². The van der Waals surface area contributed by atoms with E-state index in [9.17, 15) is 13.2 Å². The molecule has 1 heterocycles. The maximum Gasteiger partial charge on any atom is 0.228 e. The zero-order valence-corrected chi connectivity index (χ0v) is 16.8. The predicted molar refractivity (Wildman–Crippen MR) is 106 cm³/mol. The lowest BCUT2D eigenvalue weighted by Gasteiger charge is -2.25. The molecule has 0 aliphatic heterocycles. The second kappa shape index (κ2) is 7.98. The van der Waals surface area contributed by atoms with Crippen molar-refractivity contribution in [2.75, 3.05) is 13.3 Å². The number of nitrogens with zero attached hydrogens (tertiary/aromatic N) is 2. The molecule has 0 aliphatic rings. The molecule has 3 aromatic rings.